The van der Waals surface area contributed by atoms with E-state index in [1.54, 1.807) is 49.4 Å². The van der Waals surface area contributed by atoms with E-state index in [2.05, 4.69) is 0 Å². The van der Waals surface area contributed by atoms with E-state index in [0.717, 1.165) is 4.57 Å². The first-order valence-electron chi connectivity index (χ1n) is 7.76. The highest BCUT2D eigenvalue weighted by atomic mass is 16.3. The Bertz CT molecular complexity index is 755. The highest BCUT2D eigenvalue weighted by Gasteiger charge is 2.32. The Morgan fingerprint density at radius 2 is 1.79 bits per heavy atom. The zero-order valence-electron chi connectivity index (χ0n) is 13.5. The van der Waals surface area contributed by atoms with E-state index in [1.807, 2.05) is 0 Å². The van der Waals surface area contributed by atoms with Crippen LogP contribution >= 0.6 is 0 Å². The van der Waals surface area contributed by atoms with Crippen molar-refractivity contribution in [3.05, 3.63) is 70.6 Å². The number of benzene rings is 1. The fourth-order valence-corrected chi connectivity index (χ4v) is 2.49. The van der Waals surface area contributed by atoms with Crippen molar-refractivity contribution in [1.29, 1.82) is 0 Å². The number of nitrogens with zero attached hydrogens (tertiary/aromatic N) is 2. The number of hydrogen-bond donors (Lipinski definition) is 1. The number of Topliss-reactive ketones (excluding diaryl/α,β-unsaturated/α-hetero) is 1. The van der Waals surface area contributed by atoms with Gasteiger partial charge in [0.15, 0.2) is 11.8 Å². The third kappa shape index (κ3) is 3.78. The molecule has 0 aliphatic heterocycles. The van der Waals surface area contributed by atoms with E-state index < -0.39 is 23.3 Å². The third-order valence-corrected chi connectivity index (χ3v) is 3.73. The standard InChI is InChI=1S/C18H20N2O4/c1-2-19(12-13-21)18(24)16(20-11-7-6-10-15(20)22)17(23)14-8-4-3-5-9-14/h3-11,16,21H,2,12-13H2,1H3/t16-/m0/s1. The minimum absolute atomic E-state index is 0.107. The highest BCUT2D eigenvalue weighted by molar-refractivity contribution is 6.11. The maximum Gasteiger partial charge on any atom is 0.253 e. The molecule has 1 aromatic heterocycles. The predicted molar refractivity (Wildman–Crippen MR) is 89.9 cm³/mol. The number of rotatable bonds is 7. The average molecular weight is 328 g/mol. The second-order valence-electron chi connectivity index (χ2n) is 5.22. The molecule has 0 aliphatic carbocycles. The molecular weight excluding hydrogens is 308 g/mol. The van der Waals surface area contributed by atoms with Crippen molar-refractivity contribution in [1.82, 2.24) is 9.47 Å². The summed E-state index contributed by atoms with van der Waals surface area (Å²) in [5.74, 6) is -0.959. The second-order valence-corrected chi connectivity index (χ2v) is 5.22. The lowest BCUT2D eigenvalue weighted by molar-refractivity contribution is -0.133. The summed E-state index contributed by atoms with van der Waals surface area (Å²) in [5.41, 5.74) is -0.0770. The fraction of sp³-hybridized carbons (Fsp3) is 0.278. The SMILES string of the molecule is CCN(CCO)C(=O)[C@H](C(=O)c1ccccc1)n1ccccc1=O. The van der Waals surface area contributed by atoms with Gasteiger partial charge in [-0.3, -0.25) is 19.0 Å². The van der Waals surface area contributed by atoms with Gasteiger partial charge in [-0.2, -0.15) is 0 Å². The van der Waals surface area contributed by atoms with Gasteiger partial charge in [0.25, 0.3) is 11.5 Å². The number of carbonyl (C=O) groups excluding carboxylic acids is 2. The van der Waals surface area contributed by atoms with Crippen LogP contribution in [-0.2, 0) is 4.79 Å². The van der Waals surface area contributed by atoms with Gasteiger partial charge in [0.2, 0.25) is 0 Å². The topological polar surface area (TPSA) is 79.6 Å². The van der Waals surface area contributed by atoms with Gasteiger partial charge in [0, 0.05) is 30.9 Å². The molecule has 126 valence electrons. The van der Waals surface area contributed by atoms with Gasteiger partial charge in [0.1, 0.15) is 0 Å². The maximum atomic E-state index is 12.9. The van der Waals surface area contributed by atoms with Crippen LogP contribution in [0.5, 0.6) is 0 Å². The molecule has 0 fully saturated rings. The van der Waals surface area contributed by atoms with Crippen molar-refractivity contribution >= 4 is 11.7 Å². The number of aliphatic hydroxyl groups is 1. The minimum atomic E-state index is -1.28. The first kappa shape index (κ1) is 17.6. The molecule has 0 unspecified atom stereocenters. The summed E-state index contributed by atoms with van der Waals surface area (Å²) in [4.78, 5) is 39.3. The van der Waals surface area contributed by atoms with Crippen LogP contribution in [0, 0.1) is 0 Å². The highest BCUT2D eigenvalue weighted by Crippen LogP contribution is 2.16. The number of amides is 1. The molecular formula is C18H20N2O4. The van der Waals surface area contributed by atoms with Crippen LogP contribution in [0.2, 0.25) is 0 Å². The van der Waals surface area contributed by atoms with Crippen LogP contribution in [0.1, 0.15) is 23.3 Å². The molecule has 1 atom stereocenters. The van der Waals surface area contributed by atoms with E-state index in [0.29, 0.717) is 12.1 Å². The van der Waals surface area contributed by atoms with Crippen molar-refractivity contribution in [3.63, 3.8) is 0 Å². The Kier molecular flexibility index (Phi) is 6.03. The lowest BCUT2D eigenvalue weighted by Gasteiger charge is -2.26. The minimum Gasteiger partial charge on any atom is -0.395 e. The smallest absolute Gasteiger partial charge is 0.253 e. The van der Waals surface area contributed by atoms with Crippen molar-refractivity contribution in [2.24, 2.45) is 0 Å². The van der Waals surface area contributed by atoms with Gasteiger partial charge in [-0.05, 0) is 13.0 Å². The fourth-order valence-electron chi connectivity index (χ4n) is 2.49. The number of hydrogen-bond acceptors (Lipinski definition) is 4. The molecule has 1 amide bonds. The van der Waals surface area contributed by atoms with Crippen LogP contribution < -0.4 is 5.56 Å². The molecule has 0 aliphatic rings. The summed E-state index contributed by atoms with van der Waals surface area (Å²) < 4.78 is 1.14. The van der Waals surface area contributed by atoms with Gasteiger partial charge in [-0.15, -0.1) is 0 Å². The summed E-state index contributed by atoms with van der Waals surface area (Å²) in [6.07, 6.45) is 1.43. The summed E-state index contributed by atoms with van der Waals surface area (Å²) in [7, 11) is 0. The lowest BCUT2D eigenvalue weighted by Crippen LogP contribution is -2.44. The molecule has 6 heteroatoms. The molecule has 2 rings (SSSR count). The molecule has 0 bridgehead atoms. The van der Waals surface area contributed by atoms with Crippen molar-refractivity contribution < 1.29 is 14.7 Å². The number of aliphatic hydroxyl groups excluding tert-OH is 1. The van der Waals surface area contributed by atoms with Crippen LogP contribution in [0.4, 0.5) is 0 Å². The lowest BCUT2D eigenvalue weighted by atomic mass is 10.0. The summed E-state index contributed by atoms with van der Waals surface area (Å²) in [6, 6.07) is 11.6. The van der Waals surface area contributed by atoms with Crippen molar-refractivity contribution in [2.75, 3.05) is 19.7 Å². The summed E-state index contributed by atoms with van der Waals surface area (Å²) >= 11 is 0. The van der Waals surface area contributed by atoms with E-state index in [4.69, 9.17) is 5.11 Å². The number of carbonyl (C=O) groups is 2. The molecule has 6 nitrogen and oxygen atoms in total. The largest absolute Gasteiger partial charge is 0.395 e. The Morgan fingerprint density at radius 1 is 1.12 bits per heavy atom. The predicted octanol–water partition coefficient (Wildman–Crippen LogP) is 1.11. The Labute approximate surface area is 140 Å². The first-order chi connectivity index (χ1) is 11.6. The number of pyridine rings is 1. The monoisotopic (exact) mass is 328 g/mol. The van der Waals surface area contributed by atoms with Crippen LogP contribution in [-0.4, -0.2) is 46.0 Å². The Morgan fingerprint density at radius 3 is 2.38 bits per heavy atom. The van der Waals surface area contributed by atoms with E-state index in [-0.39, 0.29) is 13.2 Å². The van der Waals surface area contributed by atoms with Crippen LogP contribution in [0.15, 0.2) is 59.5 Å². The molecule has 0 saturated carbocycles. The number of ketones is 1. The molecule has 0 radical (unpaired) electrons. The zero-order chi connectivity index (χ0) is 17.5. The summed E-state index contributed by atoms with van der Waals surface area (Å²) in [6.45, 7) is 1.98. The molecule has 0 saturated heterocycles. The second kappa shape index (κ2) is 8.21. The van der Waals surface area contributed by atoms with Crippen molar-refractivity contribution in [3.8, 4) is 0 Å². The van der Waals surface area contributed by atoms with Crippen LogP contribution in [0.25, 0.3) is 0 Å². The van der Waals surface area contributed by atoms with Crippen LogP contribution in [0.3, 0.4) is 0 Å². The quantitative estimate of drug-likeness (QED) is 0.610. The average Bonchev–Trinajstić information content (AvgIpc) is 2.62. The molecule has 1 heterocycles. The molecule has 1 aromatic carbocycles. The Balaban J connectivity index is 2.50. The van der Waals surface area contributed by atoms with Gasteiger partial charge in [-0.25, -0.2) is 0 Å². The van der Waals surface area contributed by atoms with Gasteiger partial charge >= 0.3 is 0 Å². The van der Waals surface area contributed by atoms with Crippen molar-refractivity contribution in [2.45, 2.75) is 13.0 Å². The third-order valence-electron chi connectivity index (χ3n) is 3.73. The first-order valence-corrected chi connectivity index (χ1v) is 7.76. The Hall–Kier alpha value is -2.73. The molecule has 0 spiro atoms. The van der Waals surface area contributed by atoms with Gasteiger partial charge < -0.3 is 10.0 Å². The number of likely N-dealkylation sites (N-methyl/N-ethyl adjacent to an activating group) is 1. The van der Waals surface area contributed by atoms with E-state index in [9.17, 15) is 14.4 Å². The van der Waals surface area contributed by atoms with Gasteiger partial charge in [0.05, 0.1) is 6.61 Å². The number of aromatic nitrogens is 1. The van der Waals surface area contributed by atoms with E-state index in [1.165, 1.54) is 17.2 Å². The van der Waals surface area contributed by atoms with E-state index >= 15 is 0 Å². The maximum absolute atomic E-state index is 12.9. The molecule has 1 N–H and O–H groups in total. The molecule has 24 heavy (non-hydrogen) atoms. The normalized spacial score (nSPS) is 11.8. The molecule has 2 aromatic rings. The summed E-state index contributed by atoms with van der Waals surface area (Å²) in [5, 5.41) is 9.13. The zero-order valence-corrected chi connectivity index (χ0v) is 13.5. The van der Waals surface area contributed by atoms with Gasteiger partial charge in [-0.1, -0.05) is 36.4 Å².